The van der Waals surface area contributed by atoms with Crippen molar-refractivity contribution in [3.8, 4) is 0 Å². The Morgan fingerprint density at radius 2 is 1.40 bits per heavy atom. The maximum atomic E-state index is 12.9. The van der Waals surface area contributed by atoms with Crippen LogP contribution in [-0.4, -0.2) is 26.3 Å². The van der Waals surface area contributed by atoms with Crippen molar-refractivity contribution in [1.29, 1.82) is 0 Å². The zero-order valence-corrected chi connectivity index (χ0v) is 16.8. The number of nitrogens with two attached hydrogens (primary N) is 1. The number of carbonyl (C=O) groups excluding carboxylic acids is 2. The Bertz CT molecular complexity index is 1120. The van der Waals surface area contributed by atoms with Gasteiger partial charge in [-0.15, -0.1) is 0 Å². The number of anilines is 1. The summed E-state index contributed by atoms with van der Waals surface area (Å²) in [5.41, 5.74) is 1.72. The number of sulfonamides is 1. The Balaban J connectivity index is 1.78. The average molecular weight is 423 g/mol. The molecule has 0 fully saturated rings. The van der Waals surface area contributed by atoms with E-state index in [1.54, 1.807) is 30.3 Å². The molecule has 7 nitrogen and oxygen atoms in total. The second kappa shape index (κ2) is 9.34. The maximum absolute atomic E-state index is 12.9. The summed E-state index contributed by atoms with van der Waals surface area (Å²) >= 11 is 0. The molecular formula is C22H21N3O4S. The highest BCUT2D eigenvalue weighted by atomic mass is 32.2. The van der Waals surface area contributed by atoms with Gasteiger partial charge in [-0.2, -0.15) is 0 Å². The SMILES string of the molecule is NS(=O)(=O)c1ccc(NC(=O)[C@H](Cc2ccccc2)NC(=O)c2ccccc2)cc1. The molecule has 2 amide bonds. The lowest BCUT2D eigenvalue weighted by Gasteiger charge is -2.19. The van der Waals surface area contributed by atoms with Crippen LogP contribution in [0.5, 0.6) is 0 Å². The van der Waals surface area contributed by atoms with Crippen molar-refractivity contribution in [2.45, 2.75) is 17.4 Å². The molecule has 0 unspecified atom stereocenters. The van der Waals surface area contributed by atoms with Crippen LogP contribution >= 0.6 is 0 Å². The largest absolute Gasteiger partial charge is 0.340 e. The molecule has 0 spiro atoms. The number of primary sulfonamides is 1. The van der Waals surface area contributed by atoms with Crippen molar-refractivity contribution in [3.63, 3.8) is 0 Å². The van der Waals surface area contributed by atoms with E-state index in [-0.39, 0.29) is 10.8 Å². The molecule has 0 saturated heterocycles. The van der Waals surface area contributed by atoms with Crippen LogP contribution in [-0.2, 0) is 21.2 Å². The first-order valence-electron chi connectivity index (χ1n) is 9.16. The van der Waals surface area contributed by atoms with Gasteiger partial charge in [0.1, 0.15) is 6.04 Å². The molecule has 0 aromatic heterocycles. The minimum absolute atomic E-state index is 0.0567. The summed E-state index contributed by atoms with van der Waals surface area (Å²) in [7, 11) is -3.82. The lowest BCUT2D eigenvalue weighted by molar-refractivity contribution is -0.118. The lowest BCUT2D eigenvalue weighted by atomic mass is 10.0. The van der Waals surface area contributed by atoms with E-state index < -0.39 is 22.0 Å². The molecule has 0 heterocycles. The Kier molecular flexibility index (Phi) is 6.61. The molecule has 154 valence electrons. The first kappa shape index (κ1) is 21.2. The fraction of sp³-hybridized carbons (Fsp3) is 0.0909. The third-order valence-corrected chi connectivity index (χ3v) is 5.32. The molecule has 3 rings (SSSR count). The zero-order chi connectivity index (χ0) is 21.6. The molecule has 1 atom stereocenters. The van der Waals surface area contributed by atoms with Crippen LogP contribution in [0.1, 0.15) is 15.9 Å². The first-order valence-corrected chi connectivity index (χ1v) is 10.7. The molecule has 0 aliphatic rings. The Morgan fingerprint density at radius 3 is 1.97 bits per heavy atom. The van der Waals surface area contributed by atoms with Crippen LogP contribution in [0.3, 0.4) is 0 Å². The molecule has 30 heavy (non-hydrogen) atoms. The monoisotopic (exact) mass is 423 g/mol. The number of benzene rings is 3. The van der Waals surface area contributed by atoms with Gasteiger partial charge < -0.3 is 10.6 Å². The highest BCUT2D eigenvalue weighted by Crippen LogP contribution is 2.14. The summed E-state index contributed by atoms with van der Waals surface area (Å²) in [6.07, 6.45) is 0.292. The number of amides is 2. The third-order valence-electron chi connectivity index (χ3n) is 4.39. The van der Waals surface area contributed by atoms with Gasteiger partial charge in [0.25, 0.3) is 5.91 Å². The van der Waals surface area contributed by atoms with Crippen LogP contribution in [0.25, 0.3) is 0 Å². The molecular weight excluding hydrogens is 402 g/mol. The van der Waals surface area contributed by atoms with E-state index in [9.17, 15) is 18.0 Å². The van der Waals surface area contributed by atoms with Crippen LogP contribution in [0.4, 0.5) is 5.69 Å². The van der Waals surface area contributed by atoms with Gasteiger partial charge in [-0.3, -0.25) is 9.59 Å². The zero-order valence-electron chi connectivity index (χ0n) is 16.0. The normalized spacial score (nSPS) is 12.0. The van der Waals surface area contributed by atoms with Gasteiger partial charge in [0.2, 0.25) is 15.9 Å². The standard InChI is InChI=1S/C22H21N3O4S/c23-30(28,29)19-13-11-18(12-14-19)24-22(27)20(15-16-7-3-1-4-8-16)25-21(26)17-9-5-2-6-10-17/h1-14,20H,15H2,(H,24,27)(H,25,26)(H2,23,28,29)/t20-/m0/s1. The van der Waals surface area contributed by atoms with Crippen LogP contribution in [0.15, 0.2) is 89.8 Å². The van der Waals surface area contributed by atoms with E-state index >= 15 is 0 Å². The Labute approximate surface area is 175 Å². The van der Waals surface area contributed by atoms with E-state index in [0.29, 0.717) is 17.7 Å². The fourth-order valence-corrected chi connectivity index (χ4v) is 3.36. The molecule has 0 aliphatic carbocycles. The number of nitrogens with one attached hydrogen (secondary N) is 2. The van der Waals surface area contributed by atoms with Gasteiger partial charge in [0.05, 0.1) is 4.90 Å². The van der Waals surface area contributed by atoms with Crippen molar-refractivity contribution >= 4 is 27.5 Å². The van der Waals surface area contributed by atoms with Crippen LogP contribution in [0, 0.1) is 0 Å². The summed E-state index contributed by atoms with van der Waals surface area (Å²) in [6.45, 7) is 0. The number of carbonyl (C=O) groups is 2. The molecule has 0 saturated carbocycles. The van der Waals surface area contributed by atoms with Gasteiger partial charge in [-0.25, -0.2) is 13.6 Å². The van der Waals surface area contributed by atoms with Crippen LogP contribution in [0.2, 0.25) is 0 Å². The van der Waals surface area contributed by atoms with Gasteiger partial charge >= 0.3 is 0 Å². The van der Waals surface area contributed by atoms with Gasteiger partial charge in [-0.1, -0.05) is 48.5 Å². The summed E-state index contributed by atoms with van der Waals surface area (Å²) in [6, 6.07) is 22.6. The molecule has 0 radical (unpaired) electrons. The number of hydrogen-bond donors (Lipinski definition) is 3. The fourth-order valence-electron chi connectivity index (χ4n) is 2.85. The van der Waals surface area contributed by atoms with Gasteiger partial charge in [0.15, 0.2) is 0 Å². The van der Waals surface area contributed by atoms with E-state index in [1.807, 2.05) is 30.3 Å². The first-order chi connectivity index (χ1) is 14.3. The summed E-state index contributed by atoms with van der Waals surface area (Å²) < 4.78 is 22.8. The second-order valence-corrected chi connectivity index (χ2v) is 8.20. The molecule has 4 N–H and O–H groups in total. The van der Waals surface area contributed by atoms with E-state index in [1.165, 1.54) is 24.3 Å². The number of hydrogen-bond acceptors (Lipinski definition) is 4. The Hall–Kier alpha value is -3.49. The van der Waals surface area contributed by atoms with Gasteiger partial charge in [0, 0.05) is 17.7 Å². The quantitative estimate of drug-likeness (QED) is 0.540. The molecule has 3 aromatic rings. The summed E-state index contributed by atoms with van der Waals surface area (Å²) in [5, 5.41) is 10.6. The average Bonchev–Trinajstić information content (AvgIpc) is 2.74. The van der Waals surface area contributed by atoms with Crippen molar-refractivity contribution in [1.82, 2.24) is 5.32 Å². The molecule has 8 heteroatoms. The van der Waals surface area contributed by atoms with Crippen molar-refractivity contribution < 1.29 is 18.0 Å². The maximum Gasteiger partial charge on any atom is 0.251 e. The van der Waals surface area contributed by atoms with E-state index in [4.69, 9.17) is 5.14 Å². The molecule has 0 bridgehead atoms. The topological polar surface area (TPSA) is 118 Å². The molecule has 3 aromatic carbocycles. The highest BCUT2D eigenvalue weighted by molar-refractivity contribution is 7.89. The lowest BCUT2D eigenvalue weighted by Crippen LogP contribution is -2.45. The summed E-state index contributed by atoms with van der Waals surface area (Å²) in [5.74, 6) is -0.789. The highest BCUT2D eigenvalue weighted by Gasteiger charge is 2.22. The van der Waals surface area contributed by atoms with Crippen molar-refractivity contribution in [2.75, 3.05) is 5.32 Å². The summed E-state index contributed by atoms with van der Waals surface area (Å²) in [4.78, 5) is 25.4. The van der Waals surface area contributed by atoms with E-state index in [2.05, 4.69) is 10.6 Å². The van der Waals surface area contributed by atoms with Crippen LogP contribution < -0.4 is 15.8 Å². The third kappa shape index (κ3) is 5.76. The predicted octanol–water partition coefficient (Wildman–Crippen LogP) is 2.31. The number of rotatable bonds is 7. The molecule has 0 aliphatic heterocycles. The minimum Gasteiger partial charge on any atom is -0.340 e. The van der Waals surface area contributed by atoms with Crippen molar-refractivity contribution in [2.24, 2.45) is 5.14 Å². The second-order valence-electron chi connectivity index (χ2n) is 6.64. The smallest absolute Gasteiger partial charge is 0.251 e. The minimum atomic E-state index is -3.82. The van der Waals surface area contributed by atoms with Crippen molar-refractivity contribution in [3.05, 3.63) is 96.1 Å². The predicted molar refractivity (Wildman–Crippen MR) is 114 cm³/mol. The van der Waals surface area contributed by atoms with E-state index in [0.717, 1.165) is 5.56 Å². The Morgan fingerprint density at radius 1 is 0.833 bits per heavy atom. The van der Waals surface area contributed by atoms with Gasteiger partial charge in [-0.05, 0) is 42.0 Å².